The molecule has 4 N–H and O–H groups in total. The molecule has 2 heterocycles. The van der Waals surface area contributed by atoms with E-state index in [-0.39, 0.29) is 31.1 Å². The minimum atomic E-state index is -0.590. The van der Waals surface area contributed by atoms with Gasteiger partial charge in [-0.3, -0.25) is 19.7 Å². The molecule has 54 heavy (non-hydrogen) atoms. The standard InChI is InChI=1S/C43H51N3O8/c1-51-39-22-34-18-19-46(26-36(34)23-40(39)52-2)27-37-24-38(31-16-14-29(28-47)15-17-31)54-43(53-37)35-11-7-10-33(21-35)32-9-6-8-30(20-32)25-44-41(48)12-4-3-5-13-42(49)45-50/h6-11,14-17,20-23,37-38,43,47,50H,3-5,12-13,18-19,24-28H2,1-2H3,(H,44,48)(H,45,49)/t37-,38+,43+/m1/s1. The van der Waals surface area contributed by atoms with Crippen LogP contribution in [0.25, 0.3) is 11.1 Å². The molecule has 0 aliphatic carbocycles. The van der Waals surface area contributed by atoms with E-state index >= 15 is 0 Å². The van der Waals surface area contributed by atoms with E-state index < -0.39 is 12.2 Å². The van der Waals surface area contributed by atoms with Crippen molar-refractivity contribution in [2.24, 2.45) is 0 Å². The van der Waals surface area contributed by atoms with Crippen LogP contribution in [-0.4, -0.2) is 60.4 Å². The van der Waals surface area contributed by atoms with E-state index in [4.69, 9.17) is 24.2 Å². The predicted octanol–water partition coefficient (Wildman–Crippen LogP) is 6.54. The van der Waals surface area contributed by atoms with Crippen molar-refractivity contribution in [3.8, 4) is 22.6 Å². The molecule has 11 heteroatoms. The van der Waals surface area contributed by atoms with Gasteiger partial charge in [0.25, 0.3) is 0 Å². The van der Waals surface area contributed by atoms with Crippen molar-refractivity contribution in [3.63, 3.8) is 0 Å². The molecule has 286 valence electrons. The summed E-state index contributed by atoms with van der Waals surface area (Å²) in [7, 11) is 3.33. The number of fused-ring (bicyclic) bond motifs is 1. The van der Waals surface area contributed by atoms with Gasteiger partial charge in [0.05, 0.1) is 33.0 Å². The number of hydrogen-bond acceptors (Lipinski definition) is 9. The second kappa shape index (κ2) is 19.0. The van der Waals surface area contributed by atoms with Crippen LogP contribution >= 0.6 is 0 Å². The zero-order valence-corrected chi connectivity index (χ0v) is 31.1. The van der Waals surface area contributed by atoms with Crippen LogP contribution in [0.3, 0.4) is 0 Å². The van der Waals surface area contributed by atoms with Crippen LogP contribution in [0.1, 0.15) is 84.3 Å². The van der Waals surface area contributed by atoms with Gasteiger partial charge in [-0.05, 0) is 82.5 Å². The lowest BCUT2D eigenvalue weighted by molar-refractivity contribution is -0.253. The normalized spacial score (nSPS) is 18.4. The van der Waals surface area contributed by atoms with Crippen molar-refractivity contribution in [1.82, 2.24) is 15.7 Å². The number of nitrogens with zero attached hydrogens (tertiary/aromatic N) is 1. The molecule has 0 aromatic heterocycles. The van der Waals surface area contributed by atoms with Gasteiger partial charge in [0.2, 0.25) is 11.8 Å². The number of unbranched alkanes of at least 4 members (excludes halogenated alkanes) is 2. The lowest BCUT2D eigenvalue weighted by atomic mass is 9.96. The van der Waals surface area contributed by atoms with Crippen LogP contribution in [0.5, 0.6) is 11.5 Å². The van der Waals surface area contributed by atoms with Crippen LogP contribution in [0, 0.1) is 0 Å². The van der Waals surface area contributed by atoms with Gasteiger partial charge in [0, 0.05) is 51.0 Å². The van der Waals surface area contributed by atoms with Crippen LogP contribution in [0.15, 0.2) is 84.9 Å². The number of hydrogen-bond donors (Lipinski definition) is 4. The first-order valence-corrected chi connectivity index (χ1v) is 18.7. The van der Waals surface area contributed by atoms with Crippen LogP contribution in [0.2, 0.25) is 0 Å². The highest BCUT2D eigenvalue weighted by atomic mass is 16.7. The number of amides is 2. The molecule has 0 unspecified atom stereocenters. The van der Waals surface area contributed by atoms with E-state index in [0.717, 1.165) is 77.4 Å². The van der Waals surface area contributed by atoms with Crippen molar-refractivity contribution in [3.05, 3.63) is 118 Å². The molecule has 0 spiro atoms. The first-order chi connectivity index (χ1) is 26.3. The lowest BCUT2D eigenvalue weighted by Crippen LogP contribution is -2.41. The molecular weight excluding hydrogens is 686 g/mol. The summed E-state index contributed by atoms with van der Waals surface area (Å²) in [5, 5.41) is 21.2. The minimum absolute atomic E-state index is 0.0112. The fourth-order valence-corrected chi connectivity index (χ4v) is 7.24. The molecule has 1 fully saturated rings. The number of aliphatic hydroxyl groups is 1. The zero-order valence-electron chi connectivity index (χ0n) is 31.1. The summed E-state index contributed by atoms with van der Waals surface area (Å²) in [5.74, 6) is 1.04. The smallest absolute Gasteiger partial charge is 0.243 e. The number of hydroxylamine groups is 1. The van der Waals surface area contributed by atoms with Gasteiger partial charge in [-0.15, -0.1) is 0 Å². The Hall–Kier alpha value is -4.78. The number of carbonyl (C=O) groups excluding carboxylic acids is 2. The molecule has 4 aromatic carbocycles. The average molecular weight is 738 g/mol. The SMILES string of the molecule is COc1cc2c(cc1OC)CN(C[C@H]1C[C@@H](c3ccc(CO)cc3)O[C@@H](c3cccc(-c4cccc(CNC(=O)CCCCCC(=O)NO)c4)c3)O1)CC2. The van der Waals surface area contributed by atoms with Crippen LogP contribution < -0.4 is 20.3 Å². The third-order valence-electron chi connectivity index (χ3n) is 10.2. The van der Waals surface area contributed by atoms with Crippen molar-refractivity contribution < 1.29 is 38.9 Å². The first-order valence-electron chi connectivity index (χ1n) is 18.7. The topological polar surface area (TPSA) is 139 Å². The average Bonchev–Trinajstić information content (AvgIpc) is 3.22. The lowest BCUT2D eigenvalue weighted by Gasteiger charge is -2.39. The Morgan fingerprint density at radius 2 is 1.50 bits per heavy atom. The molecule has 11 nitrogen and oxygen atoms in total. The predicted molar refractivity (Wildman–Crippen MR) is 204 cm³/mol. The highest BCUT2D eigenvalue weighted by molar-refractivity contribution is 5.76. The number of ether oxygens (including phenoxy) is 4. The van der Waals surface area contributed by atoms with E-state index in [1.54, 1.807) is 19.7 Å². The molecule has 6 rings (SSSR count). The summed E-state index contributed by atoms with van der Waals surface area (Å²) in [6, 6.07) is 28.5. The molecule has 0 radical (unpaired) electrons. The van der Waals surface area contributed by atoms with Gasteiger partial charge in [0.15, 0.2) is 17.8 Å². The summed E-state index contributed by atoms with van der Waals surface area (Å²) in [6.45, 7) is 2.83. The Morgan fingerprint density at radius 1 is 0.796 bits per heavy atom. The fourth-order valence-electron chi connectivity index (χ4n) is 7.24. The number of benzene rings is 4. The molecule has 0 bridgehead atoms. The van der Waals surface area contributed by atoms with Crippen molar-refractivity contribution >= 4 is 11.8 Å². The van der Waals surface area contributed by atoms with Crippen LogP contribution in [0.4, 0.5) is 0 Å². The number of aliphatic hydroxyl groups excluding tert-OH is 1. The molecule has 2 aliphatic heterocycles. The summed E-state index contributed by atoms with van der Waals surface area (Å²) in [4.78, 5) is 26.1. The van der Waals surface area contributed by atoms with Gasteiger partial charge in [-0.25, -0.2) is 5.48 Å². The Morgan fingerprint density at radius 3 is 2.22 bits per heavy atom. The summed E-state index contributed by atoms with van der Waals surface area (Å²) in [6.07, 6.45) is 3.38. The van der Waals surface area contributed by atoms with Crippen LogP contribution in [-0.2, 0) is 45.2 Å². The van der Waals surface area contributed by atoms with E-state index in [9.17, 15) is 14.7 Å². The maximum Gasteiger partial charge on any atom is 0.243 e. The Kier molecular flexibility index (Phi) is 13.7. The van der Waals surface area contributed by atoms with E-state index in [1.807, 2.05) is 48.5 Å². The maximum absolute atomic E-state index is 12.5. The second-order valence-corrected chi connectivity index (χ2v) is 14.0. The van der Waals surface area contributed by atoms with Gasteiger partial charge in [0.1, 0.15) is 0 Å². The molecular formula is C43H51N3O8. The van der Waals surface area contributed by atoms with E-state index in [2.05, 4.69) is 46.6 Å². The molecule has 2 aliphatic rings. The quantitative estimate of drug-likeness (QED) is 0.0574. The summed E-state index contributed by atoms with van der Waals surface area (Å²) in [5.41, 5.74) is 9.99. The molecule has 0 saturated carbocycles. The number of carbonyl (C=O) groups is 2. The van der Waals surface area contributed by atoms with Gasteiger partial charge in [-0.2, -0.15) is 0 Å². The van der Waals surface area contributed by atoms with Gasteiger partial charge in [-0.1, -0.05) is 67.1 Å². The van der Waals surface area contributed by atoms with Crippen molar-refractivity contribution in [2.45, 2.75) is 83.1 Å². The minimum Gasteiger partial charge on any atom is -0.493 e. The number of methoxy groups -OCH3 is 2. The van der Waals surface area contributed by atoms with Crippen molar-refractivity contribution in [2.75, 3.05) is 27.3 Å². The third-order valence-corrected chi connectivity index (χ3v) is 10.2. The number of rotatable bonds is 16. The Bertz CT molecular complexity index is 1870. The molecule has 2 amide bonds. The second-order valence-electron chi connectivity index (χ2n) is 14.0. The highest BCUT2D eigenvalue weighted by Gasteiger charge is 2.34. The Labute approximate surface area is 317 Å². The maximum atomic E-state index is 12.5. The Balaban J connectivity index is 1.13. The molecule has 1 saturated heterocycles. The monoisotopic (exact) mass is 737 g/mol. The third kappa shape index (κ3) is 10.2. The molecule has 4 aromatic rings. The highest BCUT2D eigenvalue weighted by Crippen LogP contribution is 2.40. The van der Waals surface area contributed by atoms with Gasteiger partial charge < -0.3 is 29.4 Å². The van der Waals surface area contributed by atoms with Gasteiger partial charge >= 0.3 is 0 Å². The molecule has 3 atom stereocenters. The van der Waals surface area contributed by atoms with Crippen molar-refractivity contribution in [1.29, 1.82) is 0 Å². The van der Waals surface area contributed by atoms with E-state index in [0.29, 0.717) is 32.2 Å². The van der Waals surface area contributed by atoms with E-state index in [1.165, 1.54) is 11.1 Å². The number of nitrogens with one attached hydrogen (secondary N) is 2. The fraction of sp³-hybridized carbons (Fsp3) is 0.395. The first kappa shape index (κ1) is 38.9. The largest absolute Gasteiger partial charge is 0.493 e. The summed E-state index contributed by atoms with van der Waals surface area (Å²) >= 11 is 0. The zero-order chi connectivity index (χ0) is 37.9. The summed E-state index contributed by atoms with van der Waals surface area (Å²) < 4.78 is 24.6.